The molecule has 2 N–H and O–H groups in total. The molecule has 0 fully saturated rings. The van der Waals surface area contributed by atoms with Gasteiger partial charge in [0.2, 0.25) is 0 Å². The van der Waals surface area contributed by atoms with Gasteiger partial charge < -0.3 is 5.73 Å². The summed E-state index contributed by atoms with van der Waals surface area (Å²) in [6.45, 7) is 0. The molecule has 0 amide bonds. The lowest BCUT2D eigenvalue weighted by Gasteiger charge is -2.07. The summed E-state index contributed by atoms with van der Waals surface area (Å²) < 4.78 is 27.4. The highest BCUT2D eigenvalue weighted by atomic mass is 32.2. The maximum absolute atomic E-state index is 13.7. The van der Waals surface area contributed by atoms with Gasteiger partial charge in [0.25, 0.3) is 0 Å². The molecule has 104 valence electrons. The minimum absolute atomic E-state index is 0.0414. The molecular weight excluding hydrogens is 276 g/mol. The summed E-state index contributed by atoms with van der Waals surface area (Å²) in [6.07, 6.45) is 3.45. The third-order valence-electron chi connectivity index (χ3n) is 3.57. The van der Waals surface area contributed by atoms with E-state index in [1.165, 1.54) is 29.3 Å². The summed E-state index contributed by atoms with van der Waals surface area (Å²) in [5.41, 5.74) is 9.41. The SMILES string of the molecule is Nc1cc(F)c(SCc2ccc3c(c2)CCC3)c(F)c1. The predicted octanol–water partition coefficient (Wildman–Crippen LogP) is 4.33. The van der Waals surface area contributed by atoms with Crippen molar-refractivity contribution in [1.82, 2.24) is 0 Å². The number of benzene rings is 2. The Morgan fingerprint density at radius 1 is 1.00 bits per heavy atom. The zero-order chi connectivity index (χ0) is 14.1. The van der Waals surface area contributed by atoms with E-state index < -0.39 is 11.6 Å². The normalized spacial score (nSPS) is 13.5. The number of nitrogens with two attached hydrogens (primary N) is 1. The van der Waals surface area contributed by atoms with Crippen molar-refractivity contribution in [2.45, 2.75) is 29.9 Å². The smallest absolute Gasteiger partial charge is 0.141 e. The van der Waals surface area contributed by atoms with E-state index in [9.17, 15) is 8.78 Å². The van der Waals surface area contributed by atoms with Crippen molar-refractivity contribution in [2.24, 2.45) is 0 Å². The lowest BCUT2D eigenvalue weighted by Crippen LogP contribution is -1.94. The van der Waals surface area contributed by atoms with Gasteiger partial charge in [0.1, 0.15) is 11.6 Å². The maximum Gasteiger partial charge on any atom is 0.141 e. The van der Waals surface area contributed by atoms with Crippen LogP contribution in [0.4, 0.5) is 14.5 Å². The van der Waals surface area contributed by atoms with Gasteiger partial charge in [-0.1, -0.05) is 18.2 Å². The van der Waals surface area contributed by atoms with Gasteiger partial charge in [-0.25, -0.2) is 8.78 Å². The molecule has 1 aliphatic rings. The van der Waals surface area contributed by atoms with Crippen molar-refractivity contribution in [3.63, 3.8) is 0 Å². The number of nitrogen functional groups attached to an aromatic ring is 1. The topological polar surface area (TPSA) is 26.0 Å². The van der Waals surface area contributed by atoms with Gasteiger partial charge in [-0.15, -0.1) is 11.8 Å². The van der Waals surface area contributed by atoms with E-state index in [1.807, 2.05) is 6.07 Å². The number of fused-ring (bicyclic) bond motifs is 1. The summed E-state index contributed by atoms with van der Waals surface area (Å²) in [7, 11) is 0. The Labute approximate surface area is 121 Å². The van der Waals surface area contributed by atoms with Crippen molar-refractivity contribution in [3.8, 4) is 0 Å². The van der Waals surface area contributed by atoms with Crippen LogP contribution >= 0.6 is 11.8 Å². The monoisotopic (exact) mass is 291 g/mol. The van der Waals surface area contributed by atoms with Crippen molar-refractivity contribution in [3.05, 3.63) is 58.7 Å². The molecule has 0 spiro atoms. The number of thioether (sulfide) groups is 1. The fourth-order valence-electron chi connectivity index (χ4n) is 2.59. The molecule has 0 heterocycles. The molecule has 1 nitrogen and oxygen atoms in total. The molecule has 2 aromatic rings. The molecule has 2 aromatic carbocycles. The summed E-state index contributed by atoms with van der Waals surface area (Å²) in [4.78, 5) is 0.0414. The van der Waals surface area contributed by atoms with E-state index in [2.05, 4.69) is 12.1 Å². The van der Waals surface area contributed by atoms with Crippen LogP contribution in [0.1, 0.15) is 23.1 Å². The zero-order valence-corrected chi connectivity index (χ0v) is 11.8. The molecule has 0 atom stereocenters. The second-order valence-corrected chi connectivity index (χ2v) is 6.04. The minimum atomic E-state index is -0.589. The first-order valence-corrected chi connectivity index (χ1v) is 7.60. The van der Waals surface area contributed by atoms with Crippen LogP contribution in [0.25, 0.3) is 0 Å². The Morgan fingerprint density at radius 2 is 1.70 bits per heavy atom. The van der Waals surface area contributed by atoms with Crippen LogP contribution in [0.3, 0.4) is 0 Å². The van der Waals surface area contributed by atoms with Gasteiger partial charge in [-0.05, 0) is 48.1 Å². The molecule has 3 rings (SSSR count). The van der Waals surface area contributed by atoms with Crippen molar-refractivity contribution < 1.29 is 8.78 Å². The summed E-state index contributed by atoms with van der Waals surface area (Å²) in [5.74, 6) is -0.618. The van der Waals surface area contributed by atoms with E-state index in [0.29, 0.717) is 5.75 Å². The molecule has 1 aliphatic carbocycles. The lowest BCUT2D eigenvalue weighted by molar-refractivity contribution is 0.542. The molecule has 20 heavy (non-hydrogen) atoms. The third-order valence-corrected chi connectivity index (χ3v) is 4.72. The summed E-state index contributed by atoms with van der Waals surface area (Å²) >= 11 is 1.18. The summed E-state index contributed by atoms with van der Waals surface area (Å²) in [6, 6.07) is 8.66. The number of hydrogen-bond acceptors (Lipinski definition) is 2. The molecule has 0 aromatic heterocycles. The van der Waals surface area contributed by atoms with Crippen molar-refractivity contribution in [2.75, 3.05) is 5.73 Å². The van der Waals surface area contributed by atoms with Crippen molar-refractivity contribution >= 4 is 17.4 Å². The number of rotatable bonds is 3. The molecule has 0 unspecified atom stereocenters. The molecular formula is C16H15F2NS. The highest BCUT2D eigenvalue weighted by Gasteiger charge is 2.13. The first kappa shape index (κ1) is 13.4. The van der Waals surface area contributed by atoms with Gasteiger partial charge in [-0.2, -0.15) is 0 Å². The van der Waals surface area contributed by atoms with Crippen LogP contribution in [0.15, 0.2) is 35.2 Å². The van der Waals surface area contributed by atoms with Gasteiger partial charge in [-0.3, -0.25) is 0 Å². The van der Waals surface area contributed by atoms with E-state index in [-0.39, 0.29) is 10.6 Å². The van der Waals surface area contributed by atoms with Crippen LogP contribution in [0.2, 0.25) is 0 Å². The highest BCUT2D eigenvalue weighted by molar-refractivity contribution is 7.98. The minimum Gasteiger partial charge on any atom is -0.399 e. The van der Waals surface area contributed by atoms with Crippen LogP contribution in [0, 0.1) is 11.6 Å². The van der Waals surface area contributed by atoms with E-state index >= 15 is 0 Å². The summed E-state index contributed by atoms with van der Waals surface area (Å²) in [5, 5.41) is 0. The molecule has 0 bridgehead atoms. The Morgan fingerprint density at radius 3 is 2.45 bits per heavy atom. The standard InChI is InChI=1S/C16H15F2NS/c17-14-7-13(19)8-15(18)16(14)20-9-10-4-5-11-2-1-3-12(11)6-10/h4-8H,1-3,9,19H2. The first-order chi connectivity index (χ1) is 9.63. The maximum atomic E-state index is 13.7. The Bertz CT molecular complexity index is 632. The molecule has 4 heteroatoms. The van der Waals surface area contributed by atoms with E-state index in [1.54, 1.807) is 0 Å². The Hall–Kier alpha value is -1.55. The van der Waals surface area contributed by atoms with Crippen LogP contribution in [-0.4, -0.2) is 0 Å². The second kappa shape index (κ2) is 5.44. The van der Waals surface area contributed by atoms with Gasteiger partial charge in [0.05, 0.1) is 4.90 Å². The first-order valence-electron chi connectivity index (χ1n) is 6.61. The molecule has 0 radical (unpaired) electrons. The van der Waals surface area contributed by atoms with Crippen molar-refractivity contribution in [1.29, 1.82) is 0 Å². The van der Waals surface area contributed by atoms with Gasteiger partial charge in [0, 0.05) is 11.4 Å². The predicted molar refractivity (Wildman–Crippen MR) is 78.8 cm³/mol. The van der Waals surface area contributed by atoms with E-state index in [4.69, 9.17) is 5.73 Å². The second-order valence-electron chi connectivity index (χ2n) is 5.06. The van der Waals surface area contributed by atoms with Crippen LogP contribution in [-0.2, 0) is 18.6 Å². The molecule has 0 saturated heterocycles. The van der Waals surface area contributed by atoms with Crippen LogP contribution < -0.4 is 5.73 Å². The van der Waals surface area contributed by atoms with Gasteiger partial charge >= 0.3 is 0 Å². The highest BCUT2D eigenvalue weighted by Crippen LogP contribution is 2.31. The molecule has 0 aliphatic heterocycles. The van der Waals surface area contributed by atoms with E-state index in [0.717, 1.165) is 30.5 Å². The lowest BCUT2D eigenvalue weighted by atomic mass is 10.1. The fraction of sp³-hybridized carbons (Fsp3) is 0.250. The third kappa shape index (κ3) is 2.66. The average molecular weight is 291 g/mol. The zero-order valence-electron chi connectivity index (χ0n) is 11.0. The number of anilines is 1. The van der Waals surface area contributed by atoms with Gasteiger partial charge in [0.15, 0.2) is 0 Å². The number of aryl methyl sites for hydroxylation is 2. The quantitative estimate of drug-likeness (QED) is 0.673. The number of hydrogen-bond donors (Lipinski definition) is 1. The average Bonchev–Trinajstić information content (AvgIpc) is 2.84. The fourth-order valence-corrected chi connectivity index (χ4v) is 3.47. The number of halogens is 2. The Balaban J connectivity index is 1.77. The largest absolute Gasteiger partial charge is 0.399 e. The Kier molecular flexibility index (Phi) is 3.66. The molecule has 0 saturated carbocycles. The van der Waals surface area contributed by atoms with Crippen LogP contribution in [0.5, 0.6) is 0 Å².